The lowest BCUT2D eigenvalue weighted by molar-refractivity contribution is -0.149. The van der Waals surface area contributed by atoms with Crippen molar-refractivity contribution in [1.29, 1.82) is 0 Å². The number of aliphatic hydroxyl groups excluding tert-OH is 1. The number of aliphatic hydroxyl groups is 1. The number of esters is 1. The fraction of sp³-hybridized carbons (Fsp3) is 0.500. The summed E-state index contributed by atoms with van der Waals surface area (Å²) in [6, 6.07) is 0. The number of ketones is 1. The predicted octanol–water partition coefficient (Wildman–Crippen LogP) is 6.60. The van der Waals surface area contributed by atoms with Crippen LogP contribution in [0.15, 0.2) is 72.9 Å². The highest BCUT2D eigenvalue weighted by Crippen LogP contribution is 2.17. The van der Waals surface area contributed by atoms with Gasteiger partial charge in [0.05, 0.1) is 5.41 Å². The zero-order valence-corrected chi connectivity index (χ0v) is 20.2. The van der Waals surface area contributed by atoms with Gasteiger partial charge in [-0.1, -0.05) is 79.8 Å². The van der Waals surface area contributed by atoms with Crippen molar-refractivity contribution in [3.05, 3.63) is 72.9 Å². The van der Waals surface area contributed by atoms with Crippen molar-refractivity contribution in [2.45, 2.75) is 72.1 Å². The van der Waals surface area contributed by atoms with E-state index in [0.29, 0.717) is 6.42 Å². The first kappa shape index (κ1) is 29.5. The Bertz CT molecular complexity index is 676. The van der Waals surface area contributed by atoms with E-state index < -0.39 is 12.0 Å². The second-order valence-corrected chi connectivity index (χ2v) is 8.08. The molecule has 0 aliphatic rings. The first-order valence-corrected chi connectivity index (χ1v) is 11.6. The normalized spacial score (nSPS) is 13.1. The second-order valence-electron chi connectivity index (χ2n) is 8.08. The molecule has 4 heteroatoms. The molecule has 0 unspecified atom stereocenters. The Kier molecular flexibility index (Phi) is 18.9. The number of hydrogen-bond donors (Lipinski definition) is 1. The number of ether oxygens (including phenoxy) is 1. The number of carbonyl (C=O) groups is 2. The molecule has 0 amide bonds. The van der Waals surface area contributed by atoms with Crippen LogP contribution in [-0.2, 0) is 14.3 Å². The fourth-order valence-electron chi connectivity index (χ4n) is 2.47. The Hall–Kier alpha value is -2.46. The Morgan fingerprint density at radius 1 is 0.719 bits per heavy atom. The van der Waals surface area contributed by atoms with Gasteiger partial charge in [-0.05, 0) is 58.8 Å². The molecule has 0 fully saturated rings. The number of carbonyl (C=O) groups excluding carboxylic acids is 2. The Morgan fingerprint density at radius 2 is 1.12 bits per heavy atom. The van der Waals surface area contributed by atoms with Gasteiger partial charge in [-0.15, -0.1) is 0 Å². The molecule has 0 aromatic carbocycles. The number of rotatable bonds is 18. The summed E-state index contributed by atoms with van der Waals surface area (Å²) in [5.74, 6) is -0.661. The highest BCUT2D eigenvalue weighted by molar-refractivity contribution is 5.85. The summed E-state index contributed by atoms with van der Waals surface area (Å²) in [5, 5.41) is 8.90. The molecule has 0 aliphatic carbocycles. The quantitative estimate of drug-likeness (QED) is 0.192. The van der Waals surface area contributed by atoms with Crippen LogP contribution in [0, 0.1) is 5.41 Å². The van der Waals surface area contributed by atoms with Gasteiger partial charge in [-0.25, -0.2) is 0 Å². The van der Waals surface area contributed by atoms with Gasteiger partial charge in [0.2, 0.25) is 0 Å². The maximum atomic E-state index is 11.7. The molecule has 0 aromatic rings. The first-order valence-electron chi connectivity index (χ1n) is 11.6. The fourth-order valence-corrected chi connectivity index (χ4v) is 2.47. The van der Waals surface area contributed by atoms with Crippen LogP contribution in [0.25, 0.3) is 0 Å². The van der Waals surface area contributed by atoms with E-state index in [-0.39, 0.29) is 24.8 Å². The number of hydrogen-bond acceptors (Lipinski definition) is 4. The van der Waals surface area contributed by atoms with Gasteiger partial charge in [0, 0.05) is 6.42 Å². The highest BCUT2D eigenvalue weighted by Gasteiger charge is 2.28. The number of allylic oxidation sites excluding steroid dienone is 12. The molecule has 0 rings (SSSR count). The molecule has 0 heterocycles. The zero-order valence-electron chi connectivity index (χ0n) is 20.2. The van der Waals surface area contributed by atoms with Gasteiger partial charge >= 0.3 is 5.97 Å². The van der Waals surface area contributed by atoms with Crippen LogP contribution in [0.2, 0.25) is 0 Å². The molecule has 0 bridgehead atoms. The molecule has 1 N–H and O–H groups in total. The van der Waals surface area contributed by atoms with Crippen LogP contribution in [0.3, 0.4) is 0 Å². The summed E-state index contributed by atoms with van der Waals surface area (Å²) in [5.41, 5.74) is -0.849. The van der Waals surface area contributed by atoms with Crippen molar-refractivity contribution in [1.82, 2.24) is 0 Å². The highest BCUT2D eigenvalue weighted by atomic mass is 16.5. The van der Waals surface area contributed by atoms with Crippen LogP contribution in [0.5, 0.6) is 0 Å². The van der Waals surface area contributed by atoms with Gasteiger partial charge in [0.1, 0.15) is 13.2 Å². The summed E-state index contributed by atoms with van der Waals surface area (Å²) in [4.78, 5) is 23.2. The predicted molar refractivity (Wildman–Crippen MR) is 134 cm³/mol. The second kappa shape index (κ2) is 20.4. The Morgan fingerprint density at radius 3 is 1.53 bits per heavy atom. The Balaban J connectivity index is 3.74. The van der Waals surface area contributed by atoms with E-state index in [0.717, 1.165) is 38.5 Å². The van der Waals surface area contributed by atoms with Crippen molar-refractivity contribution >= 4 is 11.8 Å². The lowest BCUT2D eigenvalue weighted by Crippen LogP contribution is -2.33. The average Bonchev–Trinajstić information content (AvgIpc) is 2.78. The van der Waals surface area contributed by atoms with Gasteiger partial charge in [-0.2, -0.15) is 0 Å². The number of Topliss-reactive ketones (excluding diaryl/α,β-unsaturated/α-hetero) is 1. The molecular weight excluding hydrogens is 400 g/mol. The average molecular weight is 443 g/mol. The lowest BCUT2D eigenvalue weighted by Gasteiger charge is -2.21. The molecule has 0 atom stereocenters. The van der Waals surface area contributed by atoms with Crippen molar-refractivity contribution in [3.63, 3.8) is 0 Å². The molecule has 0 aromatic heterocycles. The summed E-state index contributed by atoms with van der Waals surface area (Å²) < 4.78 is 5.13. The Labute approximate surface area is 195 Å². The molecule has 0 saturated heterocycles. The lowest BCUT2D eigenvalue weighted by atomic mass is 9.89. The van der Waals surface area contributed by atoms with Gasteiger partial charge in [-0.3, -0.25) is 9.59 Å². The zero-order chi connectivity index (χ0) is 23.9. The largest absolute Gasteiger partial charge is 0.465 e. The van der Waals surface area contributed by atoms with E-state index >= 15 is 0 Å². The first-order chi connectivity index (χ1) is 15.4. The topological polar surface area (TPSA) is 63.6 Å². The third kappa shape index (κ3) is 18.3. The van der Waals surface area contributed by atoms with Crippen molar-refractivity contribution in [2.75, 3.05) is 13.2 Å². The maximum Gasteiger partial charge on any atom is 0.306 e. The standard InChI is InChI=1S/C28H42O4/c1-4-5-6-7-8-9-10-11-12-13-14-15-16-17-18-19-20-21-22-23-27(31)32-25-28(2,3)26(30)24-29/h5-6,8-9,11-12,14-15,17-18,20-21,29H,4,7,10,13,16,19,22-25H2,1-3H3. The molecule has 178 valence electrons. The van der Waals surface area contributed by atoms with Crippen molar-refractivity contribution in [2.24, 2.45) is 5.41 Å². The van der Waals surface area contributed by atoms with E-state index in [9.17, 15) is 9.59 Å². The van der Waals surface area contributed by atoms with Crippen LogP contribution in [-0.4, -0.2) is 30.1 Å². The SMILES string of the molecule is CCC=CCC=CCC=CCC=CCC=CCC=CCCC(=O)OCC(C)(C)C(=O)CO. The monoisotopic (exact) mass is 442 g/mol. The van der Waals surface area contributed by atoms with Crippen LogP contribution < -0.4 is 0 Å². The van der Waals surface area contributed by atoms with Crippen LogP contribution in [0.4, 0.5) is 0 Å². The van der Waals surface area contributed by atoms with E-state index in [1.165, 1.54) is 0 Å². The molecule has 4 nitrogen and oxygen atoms in total. The van der Waals surface area contributed by atoms with Gasteiger partial charge in [0.25, 0.3) is 0 Å². The van der Waals surface area contributed by atoms with E-state index in [1.807, 2.05) is 12.2 Å². The molecule has 0 spiro atoms. The van der Waals surface area contributed by atoms with Crippen molar-refractivity contribution in [3.8, 4) is 0 Å². The smallest absolute Gasteiger partial charge is 0.306 e. The summed E-state index contributed by atoms with van der Waals surface area (Å²) in [7, 11) is 0. The summed E-state index contributed by atoms with van der Waals surface area (Å²) >= 11 is 0. The third-order valence-corrected chi connectivity index (χ3v) is 4.60. The molecule has 32 heavy (non-hydrogen) atoms. The van der Waals surface area contributed by atoms with E-state index in [4.69, 9.17) is 9.84 Å². The summed E-state index contributed by atoms with van der Waals surface area (Å²) in [6.07, 6.45) is 32.4. The molecular formula is C28H42O4. The minimum atomic E-state index is -0.849. The van der Waals surface area contributed by atoms with Gasteiger partial charge in [0.15, 0.2) is 5.78 Å². The molecule has 0 radical (unpaired) electrons. The minimum absolute atomic E-state index is 0.00498. The maximum absolute atomic E-state index is 11.7. The van der Waals surface area contributed by atoms with E-state index in [1.54, 1.807) is 13.8 Å². The van der Waals surface area contributed by atoms with Crippen LogP contribution >= 0.6 is 0 Å². The summed E-state index contributed by atoms with van der Waals surface area (Å²) in [6.45, 7) is 4.91. The minimum Gasteiger partial charge on any atom is -0.465 e. The van der Waals surface area contributed by atoms with Gasteiger partial charge < -0.3 is 9.84 Å². The molecule has 0 aliphatic heterocycles. The third-order valence-electron chi connectivity index (χ3n) is 4.60. The molecule has 0 saturated carbocycles. The van der Waals surface area contributed by atoms with E-state index in [2.05, 4.69) is 67.7 Å². The van der Waals surface area contributed by atoms with Crippen molar-refractivity contribution < 1.29 is 19.4 Å². The van der Waals surface area contributed by atoms with Crippen LogP contribution in [0.1, 0.15) is 72.1 Å².